The Bertz CT molecular complexity index is 825. The lowest BCUT2D eigenvalue weighted by molar-refractivity contribution is -0.118. The summed E-state index contributed by atoms with van der Waals surface area (Å²) in [4.78, 5) is 12.2. The Morgan fingerprint density at radius 2 is 1.96 bits per heavy atom. The van der Waals surface area contributed by atoms with Crippen LogP contribution in [0, 0.1) is 13.8 Å². The largest absolute Gasteiger partial charge is 0.486 e. The third-order valence-electron chi connectivity index (χ3n) is 3.75. The van der Waals surface area contributed by atoms with Crippen LogP contribution in [0.1, 0.15) is 11.1 Å². The molecule has 1 heterocycles. The van der Waals surface area contributed by atoms with Gasteiger partial charge in [-0.2, -0.15) is 0 Å². The molecule has 0 bridgehead atoms. The summed E-state index contributed by atoms with van der Waals surface area (Å²) in [7, 11) is 0. The molecule has 0 saturated carbocycles. The van der Waals surface area contributed by atoms with Gasteiger partial charge in [0.15, 0.2) is 18.1 Å². The van der Waals surface area contributed by atoms with Gasteiger partial charge in [0.05, 0.1) is 4.47 Å². The smallest absolute Gasteiger partial charge is 0.262 e. The second-order valence-corrected chi connectivity index (χ2v) is 6.81. The molecule has 0 atom stereocenters. The first-order chi connectivity index (χ1) is 12.0. The van der Waals surface area contributed by atoms with Crippen LogP contribution in [-0.4, -0.2) is 25.7 Å². The van der Waals surface area contributed by atoms with Crippen molar-refractivity contribution in [3.05, 3.63) is 44.9 Å². The molecule has 0 radical (unpaired) electrons. The molecule has 1 amide bonds. The molecule has 1 N–H and O–H groups in total. The van der Waals surface area contributed by atoms with Gasteiger partial charge < -0.3 is 19.5 Å². The van der Waals surface area contributed by atoms with Crippen LogP contribution in [0.2, 0.25) is 5.02 Å². The fourth-order valence-electron chi connectivity index (χ4n) is 2.47. The van der Waals surface area contributed by atoms with Crippen molar-refractivity contribution in [2.24, 2.45) is 0 Å². The van der Waals surface area contributed by atoms with Gasteiger partial charge in [0.1, 0.15) is 19.0 Å². The van der Waals surface area contributed by atoms with Gasteiger partial charge in [0, 0.05) is 16.8 Å². The average Bonchev–Trinajstić information content (AvgIpc) is 2.61. The van der Waals surface area contributed by atoms with Crippen molar-refractivity contribution in [2.75, 3.05) is 25.1 Å². The van der Waals surface area contributed by atoms with E-state index in [1.54, 1.807) is 24.3 Å². The topological polar surface area (TPSA) is 56.8 Å². The number of aryl methyl sites for hydroxylation is 1. The number of hydrogen-bond acceptors (Lipinski definition) is 4. The van der Waals surface area contributed by atoms with Crippen molar-refractivity contribution in [3.8, 4) is 17.2 Å². The molecular formula is C18H17BrClNO4. The molecule has 3 rings (SSSR count). The number of anilines is 1. The van der Waals surface area contributed by atoms with Crippen LogP contribution in [0.25, 0.3) is 0 Å². The van der Waals surface area contributed by atoms with Gasteiger partial charge in [0.2, 0.25) is 0 Å². The molecule has 0 unspecified atom stereocenters. The number of nitrogens with one attached hydrogen (secondary N) is 1. The molecule has 0 fully saturated rings. The fourth-order valence-corrected chi connectivity index (χ4v) is 3.16. The molecule has 5 nitrogen and oxygen atoms in total. The summed E-state index contributed by atoms with van der Waals surface area (Å²) >= 11 is 9.65. The fraction of sp³-hybridized carbons (Fsp3) is 0.278. The van der Waals surface area contributed by atoms with Gasteiger partial charge in [0.25, 0.3) is 5.91 Å². The zero-order valence-electron chi connectivity index (χ0n) is 13.8. The summed E-state index contributed by atoms with van der Waals surface area (Å²) in [6.45, 7) is 4.69. The van der Waals surface area contributed by atoms with E-state index >= 15 is 0 Å². The molecule has 0 aliphatic carbocycles. The maximum Gasteiger partial charge on any atom is 0.262 e. The van der Waals surface area contributed by atoms with E-state index in [2.05, 4.69) is 21.2 Å². The molecule has 132 valence electrons. The monoisotopic (exact) mass is 425 g/mol. The van der Waals surface area contributed by atoms with Crippen LogP contribution in [0.5, 0.6) is 17.2 Å². The summed E-state index contributed by atoms with van der Waals surface area (Å²) < 4.78 is 17.3. The quantitative estimate of drug-likeness (QED) is 0.781. The highest BCUT2D eigenvalue weighted by Crippen LogP contribution is 2.36. The standard InChI is InChI=1S/C18H17BrClNO4/c1-10-7-15(17(19)11(2)18(10)20)25-9-16(22)21-12-3-4-13-14(8-12)24-6-5-23-13/h3-4,7-8H,5-6,9H2,1-2H3,(H,21,22). The summed E-state index contributed by atoms with van der Waals surface area (Å²) in [5.74, 6) is 1.61. The van der Waals surface area contributed by atoms with Crippen LogP contribution in [0.15, 0.2) is 28.7 Å². The van der Waals surface area contributed by atoms with Crippen LogP contribution in [-0.2, 0) is 4.79 Å². The first kappa shape index (κ1) is 17.9. The summed E-state index contributed by atoms with van der Waals surface area (Å²) in [6, 6.07) is 7.07. The van der Waals surface area contributed by atoms with Crippen LogP contribution in [0.3, 0.4) is 0 Å². The molecule has 25 heavy (non-hydrogen) atoms. The Hall–Kier alpha value is -1.92. The van der Waals surface area contributed by atoms with Crippen LogP contribution in [0.4, 0.5) is 5.69 Å². The normalized spacial score (nSPS) is 12.6. The minimum Gasteiger partial charge on any atom is -0.486 e. The maximum absolute atomic E-state index is 12.2. The Kier molecular flexibility index (Phi) is 5.39. The van der Waals surface area contributed by atoms with Crippen LogP contribution < -0.4 is 19.5 Å². The van der Waals surface area contributed by atoms with Gasteiger partial charge >= 0.3 is 0 Å². The maximum atomic E-state index is 12.2. The number of halogens is 2. The number of ether oxygens (including phenoxy) is 3. The van der Waals surface area contributed by atoms with E-state index in [9.17, 15) is 4.79 Å². The lowest BCUT2D eigenvalue weighted by Crippen LogP contribution is -2.21. The first-order valence-electron chi connectivity index (χ1n) is 7.73. The molecule has 2 aromatic rings. The number of rotatable bonds is 4. The predicted molar refractivity (Wildman–Crippen MR) is 100 cm³/mol. The Labute approximate surface area is 159 Å². The second-order valence-electron chi connectivity index (χ2n) is 5.64. The molecule has 7 heteroatoms. The molecule has 0 aromatic heterocycles. The van der Waals surface area contributed by atoms with Gasteiger partial charge in [-0.15, -0.1) is 0 Å². The summed E-state index contributed by atoms with van der Waals surface area (Å²) in [5.41, 5.74) is 2.40. The number of fused-ring (bicyclic) bond motifs is 1. The highest BCUT2D eigenvalue weighted by molar-refractivity contribution is 9.10. The van der Waals surface area contributed by atoms with Crippen molar-refractivity contribution in [1.82, 2.24) is 0 Å². The van der Waals surface area contributed by atoms with E-state index in [0.717, 1.165) is 15.6 Å². The third kappa shape index (κ3) is 4.02. The lowest BCUT2D eigenvalue weighted by atomic mass is 10.1. The SMILES string of the molecule is Cc1cc(OCC(=O)Nc2ccc3c(c2)OCCO3)c(Br)c(C)c1Cl. The lowest BCUT2D eigenvalue weighted by Gasteiger charge is -2.19. The molecule has 1 aliphatic heterocycles. The van der Waals surface area contributed by atoms with Crippen molar-refractivity contribution in [3.63, 3.8) is 0 Å². The van der Waals surface area contributed by atoms with Gasteiger partial charge in [-0.25, -0.2) is 0 Å². The van der Waals surface area contributed by atoms with E-state index in [1.165, 1.54) is 0 Å². The predicted octanol–water partition coefficient (Wildman–Crippen LogP) is 4.51. The third-order valence-corrected chi connectivity index (χ3v) is 5.32. The zero-order valence-corrected chi connectivity index (χ0v) is 16.2. The summed E-state index contributed by atoms with van der Waals surface area (Å²) in [6.07, 6.45) is 0. The van der Waals surface area contributed by atoms with Crippen LogP contribution >= 0.6 is 27.5 Å². The Morgan fingerprint density at radius 3 is 2.72 bits per heavy atom. The Morgan fingerprint density at radius 1 is 1.24 bits per heavy atom. The number of carbonyl (C=O) groups excluding carboxylic acids is 1. The zero-order chi connectivity index (χ0) is 18.0. The molecule has 0 spiro atoms. The van der Waals surface area contributed by atoms with E-state index < -0.39 is 0 Å². The molecular weight excluding hydrogens is 410 g/mol. The van der Waals surface area contributed by atoms with E-state index in [4.69, 9.17) is 25.8 Å². The minimum absolute atomic E-state index is 0.118. The number of hydrogen-bond donors (Lipinski definition) is 1. The van der Waals surface area contributed by atoms with E-state index in [-0.39, 0.29) is 12.5 Å². The van der Waals surface area contributed by atoms with Crippen molar-refractivity contribution in [1.29, 1.82) is 0 Å². The average molecular weight is 427 g/mol. The van der Waals surface area contributed by atoms with Gasteiger partial charge in [-0.05, 0) is 59.1 Å². The molecule has 0 saturated heterocycles. The Balaban J connectivity index is 1.64. The number of benzene rings is 2. The van der Waals surface area contributed by atoms with E-state index in [1.807, 2.05) is 13.8 Å². The van der Waals surface area contributed by atoms with Crippen molar-refractivity contribution in [2.45, 2.75) is 13.8 Å². The van der Waals surface area contributed by atoms with Crippen molar-refractivity contribution >= 4 is 39.1 Å². The first-order valence-corrected chi connectivity index (χ1v) is 8.90. The number of carbonyl (C=O) groups is 1. The molecule has 1 aliphatic rings. The van der Waals surface area contributed by atoms with E-state index in [0.29, 0.717) is 41.2 Å². The van der Waals surface area contributed by atoms with Gasteiger partial charge in [-0.3, -0.25) is 4.79 Å². The van der Waals surface area contributed by atoms with Crippen molar-refractivity contribution < 1.29 is 19.0 Å². The highest BCUT2D eigenvalue weighted by atomic mass is 79.9. The van der Waals surface area contributed by atoms with Gasteiger partial charge in [-0.1, -0.05) is 11.6 Å². The second kappa shape index (κ2) is 7.54. The minimum atomic E-state index is -0.270. The highest BCUT2D eigenvalue weighted by Gasteiger charge is 2.15. The summed E-state index contributed by atoms with van der Waals surface area (Å²) in [5, 5.41) is 3.46. The number of amides is 1. The molecule has 2 aromatic carbocycles.